The lowest BCUT2D eigenvalue weighted by Gasteiger charge is -2.19. The summed E-state index contributed by atoms with van der Waals surface area (Å²) in [6.07, 6.45) is 18.1. The standard InChI is InChI=1S/C31H53N2O5.ClH/c1-4-6-7-8-9-10-11-12-13-14-15-18-21-36-24-28-22-30(37-25-28)26-38-31(35)33(27(3)34)23-29-19-16-17-20-32(29)5-2;/h16-17,19-20,28,30H,4-15,18,21-26H2,1-3H3;1H/q+1;/p-1. The molecular weight excluding hydrogens is 516 g/mol. The summed E-state index contributed by atoms with van der Waals surface area (Å²) in [6, 6.07) is 5.74. The van der Waals surface area contributed by atoms with Crippen molar-refractivity contribution in [3.8, 4) is 0 Å². The number of ether oxygens (including phenoxy) is 3. The highest BCUT2D eigenvalue weighted by Crippen LogP contribution is 2.21. The molecule has 7 nitrogen and oxygen atoms in total. The second-order valence-corrected chi connectivity index (χ2v) is 10.7. The second-order valence-electron chi connectivity index (χ2n) is 10.7. The number of pyridine rings is 1. The quantitative estimate of drug-likeness (QED) is 0.178. The van der Waals surface area contributed by atoms with E-state index in [1.54, 1.807) is 0 Å². The van der Waals surface area contributed by atoms with Gasteiger partial charge in [-0.1, -0.05) is 83.6 Å². The Labute approximate surface area is 243 Å². The number of carbonyl (C=O) groups is 2. The first-order valence-electron chi connectivity index (χ1n) is 15.2. The van der Waals surface area contributed by atoms with E-state index >= 15 is 0 Å². The number of imide groups is 1. The molecule has 0 aliphatic carbocycles. The predicted molar refractivity (Wildman–Crippen MR) is 150 cm³/mol. The van der Waals surface area contributed by atoms with Crippen molar-refractivity contribution in [2.75, 3.05) is 26.4 Å². The minimum absolute atomic E-state index is 0. The Balaban J connectivity index is 0.00000760. The van der Waals surface area contributed by atoms with Crippen LogP contribution in [0.1, 0.15) is 110 Å². The normalized spacial score (nSPS) is 16.6. The molecule has 2 rings (SSSR count). The second kappa shape index (κ2) is 22.0. The Hall–Kier alpha value is -1.70. The molecule has 0 radical (unpaired) electrons. The summed E-state index contributed by atoms with van der Waals surface area (Å²) in [5.41, 5.74) is 0.879. The summed E-state index contributed by atoms with van der Waals surface area (Å²) in [4.78, 5) is 25.9. The minimum Gasteiger partial charge on any atom is -1.00 e. The number of carbonyl (C=O) groups excluding carboxylic acids is 2. The maximum atomic E-state index is 12.6. The molecule has 2 amide bonds. The number of amides is 2. The van der Waals surface area contributed by atoms with Crippen LogP contribution in [0.2, 0.25) is 0 Å². The zero-order chi connectivity index (χ0) is 27.4. The largest absolute Gasteiger partial charge is 1.00 e. The third kappa shape index (κ3) is 15.0. The van der Waals surface area contributed by atoms with Crippen LogP contribution in [-0.2, 0) is 32.1 Å². The number of hydrogen-bond acceptors (Lipinski definition) is 5. The molecule has 0 bridgehead atoms. The average molecular weight is 569 g/mol. The zero-order valence-electron chi connectivity index (χ0n) is 24.7. The lowest BCUT2D eigenvalue weighted by atomic mass is 10.1. The fourth-order valence-corrected chi connectivity index (χ4v) is 4.98. The SMILES string of the molecule is CCCCCCCCCCCCCCOCC1COC(COC(=O)N(Cc2cccc[n+]2CC)C(C)=O)C1.[Cl-]. The number of rotatable bonds is 20. The predicted octanol–water partition coefficient (Wildman–Crippen LogP) is 3.61. The molecule has 1 saturated heterocycles. The van der Waals surface area contributed by atoms with Crippen LogP contribution in [0.5, 0.6) is 0 Å². The number of aromatic nitrogens is 1. The summed E-state index contributed by atoms with van der Waals surface area (Å²) in [7, 11) is 0. The lowest BCUT2D eigenvalue weighted by molar-refractivity contribution is -0.701. The van der Waals surface area contributed by atoms with Gasteiger partial charge in [-0.2, -0.15) is 0 Å². The Bertz CT molecular complexity index is 794. The van der Waals surface area contributed by atoms with Gasteiger partial charge < -0.3 is 26.6 Å². The topological polar surface area (TPSA) is 69.0 Å². The van der Waals surface area contributed by atoms with Gasteiger partial charge in [-0.05, 0) is 19.8 Å². The molecule has 0 saturated carbocycles. The van der Waals surface area contributed by atoms with Crippen LogP contribution in [0.25, 0.3) is 0 Å². The monoisotopic (exact) mass is 568 g/mol. The number of nitrogens with zero attached hydrogens (tertiary/aromatic N) is 2. The van der Waals surface area contributed by atoms with E-state index in [-0.39, 0.29) is 37.6 Å². The molecule has 1 fully saturated rings. The Morgan fingerprint density at radius 2 is 1.59 bits per heavy atom. The fraction of sp³-hybridized carbons (Fsp3) is 0.774. The van der Waals surface area contributed by atoms with Crippen molar-refractivity contribution in [1.82, 2.24) is 4.90 Å². The Morgan fingerprint density at radius 1 is 0.949 bits per heavy atom. The lowest BCUT2D eigenvalue weighted by Crippen LogP contribution is -3.00. The maximum absolute atomic E-state index is 12.6. The molecule has 0 aromatic carbocycles. The van der Waals surface area contributed by atoms with Crippen LogP contribution in [0.15, 0.2) is 24.4 Å². The molecule has 1 aliphatic heterocycles. The van der Waals surface area contributed by atoms with E-state index < -0.39 is 6.09 Å². The third-order valence-corrected chi connectivity index (χ3v) is 7.35. The van der Waals surface area contributed by atoms with Gasteiger partial charge in [0, 0.05) is 31.6 Å². The van der Waals surface area contributed by atoms with Crippen molar-refractivity contribution >= 4 is 12.0 Å². The highest BCUT2D eigenvalue weighted by atomic mass is 35.5. The van der Waals surface area contributed by atoms with Gasteiger partial charge in [0.2, 0.25) is 11.6 Å². The highest BCUT2D eigenvalue weighted by molar-refractivity contribution is 5.90. The van der Waals surface area contributed by atoms with Crippen LogP contribution in [-0.4, -0.2) is 49.4 Å². The van der Waals surface area contributed by atoms with Crippen LogP contribution < -0.4 is 17.0 Å². The molecule has 224 valence electrons. The van der Waals surface area contributed by atoms with Gasteiger partial charge >= 0.3 is 6.09 Å². The van der Waals surface area contributed by atoms with Crippen molar-refractivity contribution in [3.05, 3.63) is 30.1 Å². The van der Waals surface area contributed by atoms with Crippen molar-refractivity contribution in [2.24, 2.45) is 5.92 Å². The average Bonchev–Trinajstić information content (AvgIpc) is 3.38. The van der Waals surface area contributed by atoms with E-state index in [1.807, 2.05) is 35.9 Å². The summed E-state index contributed by atoms with van der Waals surface area (Å²) >= 11 is 0. The van der Waals surface area contributed by atoms with Crippen LogP contribution >= 0.6 is 0 Å². The molecule has 2 atom stereocenters. The van der Waals surface area contributed by atoms with Crippen LogP contribution in [0.3, 0.4) is 0 Å². The van der Waals surface area contributed by atoms with Gasteiger partial charge in [0.15, 0.2) is 6.20 Å². The number of halogens is 1. The maximum Gasteiger partial charge on any atom is 0.417 e. The zero-order valence-corrected chi connectivity index (χ0v) is 25.5. The number of unbranched alkanes of at least 4 members (excludes halogenated alkanes) is 11. The van der Waals surface area contributed by atoms with Gasteiger partial charge in [0.1, 0.15) is 19.7 Å². The van der Waals surface area contributed by atoms with Gasteiger partial charge in [-0.25, -0.2) is 14.3 Å². The van der Waals surface area contributed by atoms with E-state index in [0.717, 1.165) is 36.6 Å². The molecule has 8 heteroatoms. The number of hydrogen-bond donors (Lipinski definition) is 0. The summed E-state index contributed by atoms with van der Waals surface area (Å²) in [5.74, 6) is -0.00861. The van der Waals surface area contributed by atoms with Gasteiger partial charge in [0.05, 0.1) is 19.3 Å². The first-order chi connectivity index (χ1) is 18.5. The number of aryl methyl sites for hydroxylation is 1. The minimum atomic E-state index is -0.626. The van der Waals surface area contributed by atoms with Gasteiger partial charge in [0.25, 0.3) is 0 Å². The molecule has 1 aromatic rings. The molecule has 2 unspecified atom stereocenters. The first kappa shape index (κ1) is 35.3. The molecule has 2 heterocycles. The van der Waals surface area contributed by atoms with E-state index in [0.29, 0.717) is 19.1 Å². The molecule has 1 aromatic heterocycles. The highest BCUT2D eigenvalue weighted by Gasteiger charge is 2.29. The van der Waals surface area contributed by atoms with E-state index in [1.165, 1.54) is 77.6 Å². The van der Waals surface area contributed by atoms with Crippen molar-refractivity contribution in [3.63, 3.8) is 0 Å². The Kier molecular flexibility index (Phi) is 20.0. The Morgan fingerprint density at radius 3 is 2.21 bits per heavy atom. The van der Waals surface area contributed by atoms with E-state index in [4.69, 9.17) is 14.2 Å². The molecular formula is C31H53ClN2O5. The summed E-state index contributed by atoms with van der Waals surface area (Å²) in [6.45, 7) is 8.89. The fourth-order valence-electron chi connectivity index (χ4n) is 4.98. The smallest absolute Gasteiger partial charge is 0.417 e. The van der Waals surface area contributed by atoms with Gasteiger partial charge in [-0.15, -0.1) is 0 Å². The van der Waals surface area contributed by atoms with Gasteiger partial charge in [-0.3, -0.25) is 4.79 Å². The van der Waals surface area contributed by atoms with Crippen molar-refractivity contribution in [1.29, 1.82) is 0 Å². The van der Waals surface area contributed by atoms with Crippen molar-refractivity contribution in [2.45, 2.75) is 123 Å². The molecule has 0 spiro atoms. The third-order valence-electron chi connectivity index (χ3n) is 7.35. The van der Waals surface area contributed by atoms with Crippen LogP contribution in [0, 0.1) is 5.92 Å². The summed E-state index contributed by atoms with van der Waals surface area (Å²) in [5, 5.41) is 0. The first-order valence-corrected chi connectivity index (χ1v) is 15.2. The molecule has 0 N–H and O–H groups in total. The van der Waals surface area contributed by atoms with Crippen LogP contribution in [0.4, 0.5) is 4.79 Å². The van der Waals surface area contributed by atoms with E-state index in [2.05, 4.69) is 6.92 Å². The molecule has 39 heavy (non-hydrogen) atoms. The summed E-state index contributed by atoms with van der Waals surface area (Å²) < 4.78 is 19.2. The van der Waals surface area contributed by atoms with Crippen molar-refractivity contribution < 1.29 is 40.8 Å². The molecule has 1 aliphatic rings. The van der Waals surface area contributed by atoms with E-state index in [9.17, 15) is 9.59 Å².